The summed E-state index contributed by atoms with van der Waals surface area (Å²) in [6, 6.07) is 13.7. The van der Waals surface area contributed by atoms with Crippen LogP contribution in [-0.4, -0.2) is 64.2 Å². The van der Waals surface area contributed by atoms with Crippen molar-refractivity contribution < 1.29 is 14.3 Å². The average molecular weight is 430 g/mol. The van der Waals surface area contributed by atoms with Gasteiger partial charge in [0, 0.05) is 45.0 Å². The average Bonchev–Trinajstić information content (AvgIpc) is 2.81. The Bertz CT molecular complexity index is 713. The summed E-state index contributed by atoms with van der Waals surface area (Å²) in [5.41, 5.74) is 2.90. The van der Waals surface area contributed by atoms with Crippen molar-refractivity contribution in [1.29, 1.82) is 0 Å². The molecule has 8 heteroatoms. The Morgan fingerprint density at radius 2 is 1.58 bits per heavy atom. The summed E-state index contributed by atoms with van der Waals surface area (Å²) in [4.78, 5) is 16.1. The van der Waals surface area contributed by atoms with Gasteiger partial charge < -0.3 is 25.4 Å². The van der Waals surface area contributed by atoms with Gasteiger partial charge in [-0.1, -0.05) is 30.3 Å². The third-order valence-corrected chi connectivity index (χ3v) is 4.54. The van der Waals surface area contributed by atoms with Gasteiger partial charge in [0.1, 0.15) is 6.61 Å². The molecule has 0 unspecified atom stereocenters. The van der Waals surface area contributed by atoms with Crippen LogP contribution in [0.4, 0.5) is 4.79 Å². The van der Waals surface area contributed by atoms with Crippen molar-refractivity contribution in [2.45, 2.75) is 19.4 Å². The molecule has 0 bridgehead atoms. The molecule has 1 aromatic heterocycles. The van der Waals surface area contributed by atoms with Crippen LogP contribution in [0.1, 0.15) is 18.4 Å². The Kier molecular flexibility index (Phi) is 12.9. The summed E-state index contributed by atoms with van der Waals surface area (Å²) >= 11 is 0. The predicted octanol–water partition coefficient (Wildman–Crippen LogP) is 2.13. The molecule has 0 fully saturated rings. The Hall–Kier alpha value is -2.52. The van der Waals surface area contributed by atoms with Crippen molar-refractivity contribution in [2.24, 2.45) is 0 Å². The molecule has 2 rings (SSSR count). The largest absolute Gasteiger partial charge is 0.445 e. The van der Waals surface area contributed by atoms with Crippen molar-refractivity contribution in [3.05, 3.63) is 54.2 Å². The van der Waals surface area contributed by atoms with Crippen molar-refractivity contribution in [3.8, 4) is 11.3 Å². The topological polar surface area (TPSA) is 96.5 Å². The SMILES string of the molecule is COCNCCNCCCCNCCNC(=O)OCc1ccc(-c2ccccn2)cc1. The van der Waals surface area contributed by atoms with Gasteiger partial charge in [0.25, 0.3) is 0 Å². The number of nitrogens with one attached hydrogen (secondary N) is 4. The first-order chi connectivity index (χ1) is 15.3. The summed E-state index contributed by atoms with van der Waals surface area (Å²) in [5, 5.41) is 12.6. The molecule has 0 saturated carbocycles. The van der Waals surface area contributed by atoms with Crippen LogP contribution in [0.3, 0.4) is 0 Å². The molecule has 0 atom stereocenters. The second-order valence-electron chi connectivity index (χ2n) is 7.05. The van der Waals surface area contributed by atoms with E-state index in [9.17, 15) is 4.79 Å². The first kappa shape index (κ1) is 24.7. The van der Waals surface area contributed by atoms with Crippen LogP contribution in [0.5, 0.6) is 0 Å². The van der Waals surface area contributed by atoms with E-state index in [2.05, 4.69) is 26.3 Å². The first-order valence-electron chi connectivity index (χ1n) is 10.8. The Balaban J connectivity index is 1.43. The van der Waals surface area contributed by atoms with Gasteiger partial charge in [0.2, 0.25) is 0 Å². The van der Waals surface area contributed by atoms with Crippen molar-refractivity contribution in [1.82, 2.24) is 26.3 Å². The van der Waals surface area contributed by atoms with E-state index in [-0.39, 0.29) is 6.61 Å². The molecule has 1 amide bonds. The minimum Gasteiger partial charge on any atom is -0.445 e. The van der Waals surface area contributed by atoms with Gasteiger partial charge in [-0.05, 0) is 43.6 Å². The molecule has 0 spiro atoms. The maximum atomic E-state index is 11.8. The van der Waals surface area contributed by atoms with Crippen molar-refractivity contribution >= 4 is 6.09 Å². The van der Waals surface area contributed by atoms with Gasteiger partial charge in [-0.2, -0.15) is 0 Å². The highest BCUT2D eigenvalue weighted by atomic mass is 16.5. The molecule has 0 saturated heterocycles. The minimum atomic E-state index is -0.401. The molecule has 8 nitrogen and oxygen atoms in total. The lowest BCUT2D eigenvalue weighted by Crippen LogP contribution is -2.33. The van der Waals surface area contributed by atoms with E-state index in [1.54, 1.807) is 13.3 Å². The van der Waals surface area contributed by atoms with Crippen molar-refractivity contribution in [2.75, 3.05) is 53.1 Å². The van der Waals surface area contributed by atoms with Crippen molar-refractivity contribution in [3.63, 3.8) is 0 Å². The number of unbranched alkanes of at least 4 members (excludes halogenated alkanes) is 1. The number of ether oxygens (including phenoxy) is 2. The summed E-state index contributed by atoms with van der Waals surface area (Å²) < 4.78 is 10.2. The summed E-state index contributed by atoms with van der Waals surface area (Å²) in [6.07, 6.45) is 3.58. The second kappa shape index (κ2) is 16.2. The second-order valence-corrected chi connectivity index (χ2v) is 7.05. The normalized spacial score (nSPS) is 10.7. The number of pyridine rings is 1. The molecular formula is C23H35N5O3. The highest BCUT2D eigenvalue weighted by Gasteiger charge is 2.03. The molecule has 1 heterocycles. The van der Waals surface area contributed by atoms with E-state index >= 15 is 0 Å². The van der Waals surface area contributed by atoms with Crippen LogP contribution < -0.4 is 21.3 Å². The number of nitrogens with zero attached hydrogens (tertiary/aromatic N) is 1. The van der Waals surface area contributed by atoms with Gasteiger partial charge in [-0.15, -0.1) is 0 Å². The number of amides is 1. The fourth-order valence-electron chi connectivity index (χ4n) is 2.86. The maximum absolute atomic E-state index is 11.8. The number of hydrogen-bond donors (Lipinski definition) is 4. The number of carbonyl (C=O) groups excluding carboxylic acids is 1. The zero-order valence-electron chi connectivity index (χ0n) is 18.4. The summed E-state index contributed by atoms with van der Waals surface area (Å²) in [6.45, 7) is 5.89. The molecule has 4 N–H and O–H groups in total. The first-order valence-corrected chi connectivity index (χ1v) is 10.8. The fraction of sp³-hybridized carbons (Fsp3) is 0.478. The third-order valence-electron chi connectivity index (χ3n) is 4.54. The quantitative estimate of drug-likeness (QED) is 0.240. The van der Waals surface area contributed by atoms with Gasteiger partial charge in [-0.25, -0.2) is 4.79 Å². The third kappa shape index (κ3) is 11.4. The van der Waals surface area contributed by atoms with Crippen LogP contribution in [0.15, 0.2) is 48.7 Å². The fourth-order valence-corrected chi connectivity index (χ4v) is 2.86. The van der Waals surface area contributed by atoms with E-state index in [0.717, 1.165) is 62.4 Å². The highest BCUT2D eigenvalue weighted by molar-refractivity contribution is 5.67. The number of carbonyl (C=O) groups is 1. The molecule has 31 heavy (non-hydrogen) atoms. The van der Waals surface area contributed by atoms with E-state index < -0.39 is 6.09 Å². The van der Waals surface area contributed by atoms with E-state index in [1.165, 1.54) is 0 Å². The van der Waals surface area contributed by atoms with Gasteiger partial charge in [0.05, 0.1) is 12.4 Å². The summed E-state index contributed by atoms with van der Waals surface area (Å²) in [5.74, 6) is 0. The summed E-state index contributed by atoms with van der Waals surface area (Å²) in [7, 11) is 1.68. The van der Waals surface area contributed by atoms with E-state index in [0.29, 0.717) is 13.3 Å². The Labute approximate surface area is 185 Å². The lowest BCUT2D eigenvalue weighted by atomic mass is 10.1. The van der Waals surface area contributed by atoms with Crippen LogP contribution in [0.2, 0.25) is 0 Å². The molecule has 0 aliphatic rings. The smallest absolute Gasteiger partial charge is 0.407 e. The number of methoxy groups -OCH3 is 1. The lowest BCUT2D eigenvalue weighted by molar-refractivity contribution is 0.139. The van der Waals surface area contributed by atoms with E-state index in [4.69, 9.17) is 9.47 Å². The molecule has 1 aromatic carbocycles. The van der Waals surface area contributed by atoms with Gasteiger partial charge in [-0.3, -0.25) is 10.3 Å². The van der Waals surface area contributed by atoms with Crippen LogP contribution in [0.25, 0.3) is 11.3 Å². The monoisotopic (exact) mass is 429 g/mol. The molecule has 0 aliphatic heterocycles. The predicted molar refractivity (Wildman–Crippen MR) is 123 cm³/mol. The maximum Gasteiger partial charge on any atom is 0.407 e. The lowest BCUT2D eigenvalue weighted by Gasteiger charge is -2.09. The zero-order chi connectivity index (χ0) is 22.0. The van der Waals surface area contributed by atoms with E-state index in [1.807, 2.05) is 42.5 Å². The number of aromatic nitrogens is 1. The van der Waals surface area contributed by atoms with Crippen LogP contribution >= 0.6 is 0 Å². The zero-order valence-corrected chi connectivity index (χ0v) is 18.4. The van der Waals surface area contributed by atoms with Crippen LogP contribution in [-0.2, 0) is 16.1 Å². The van der Waals surface area contributed by atoms with Gasteiger partial charge >= 0.3 is 6.09 Å². The molecule has 170 valence electrons. The molecule has 0 radical (unpaired) electrons. The molecular weight excluding hydrogens is 394 g/mol. The van der Waals surface area contributed by atoms with Crippen LogP contribution in [0, 0.1) is 0 Å². The number of rotatable bonds is 16. The molecule has 0 aliphatic carbocycles. The Morgan fingerprint density at radius 1 is 0.871 bits per heavy atom. The Morgan fingerprint density at radius 3 is 2.26 bits per heavy atom. The van der Waals surface area contributed by atoms with Gasteiger partial charge in [0.15, 0.2) is 0 Å². The standard InChI is InChI=1S/C23H35N5O3/c1-30-19-26-15-14-24-11-4-5-12-25-16-17-28-23(29)31-18-20-7-9-21(10-8-20)22-6-2-3-13-27-22/h2-3,6-10,13,24-26H,4-5,11-12,14-19H2,1H3,(H,28,29). The number of benzene rings is 1. The minimum absolute atomic E-state index is 0.246. The number of alkyl carbamates (subject to hydrolysis) is 1. The molecule has 2 aromatic rings. The highest BCUT2D eigenvalue weighted by Crippen LogP contribution is 2.17. The number of hydrogen-bond acceptors (Lipinski definition) is 7.